The molecule has 0 bridgehead atoms. The van der Waals surface area contributed by atoms with E-state index in [9.17, 15) is 19.5 Å². The van der Waals surface area contributed by atoms with E-state index in [1.165, 1.54) is 23.1 Å². The van der Waals surface area contributed by atoms with Crippen molar-refractivity contribution >= 4 is 46.9 Å². The highest BCUT2D eigenvalue weighted by Gasteiger charge is 2.35. The van der Waals surface area contributed by atoms with Crippen molar-refractivity contribution in [3.8, 4) is 11.3 Å². The average molecular weight is 446 g/mol. The van der Waals surface area contributed by atoms with Gasteiger partial charge in [-0.3, -0.25) is 19.8 Å². The van der Waals surface area contributed by atoms with Crippen LogP contribution < -0.4 is 10.2 Å². The summed E-state index contributed by atoms with van der Waals surface area (Å²) in [5, 5.41) is 11.7. The van der Waals surface area contributed by atoms with Gasteiger partial charge in [0.2, 0.25) is 0 Å². The van der Waals surface area contributed by atoms with E-state index in [1.807, 2.05) is 26.0 Å². The van der Waals surface area contributed by atoms with Gasteiger partial charge in [0.15, 0.2) is 5.11 Å². The molecule has 1 aliphatic rings. The van der Waals surface area contributed by atoms with Gasteiger partial charge in [-0.2, -0.15) is 0 Å². The number of aromatic carboxylic acids is 1. The number of hydrogen-bond donors (Lipinski definition) is 2. The number of aryl methyl sites for hydroxylation is 1. The number of carboxylic acid groups (broad SMARTS) is 1. The molecule has 8 heteroatoms. The molecular formula is C24H18N2O5S. The van der Waals surface area contributed by atoms with E-state index in [1.54, 1.807) is 30.3 Å². The first-order chi connectivity index (χ1) is 15.3. The number of nitrogens with one attached hydrogen (secondary N) is 1. The van der Waals surface area contributed by atoms with E-state index in [-0.39, 0.29) is 22.0 Å². The number of hydrogen-bond acceptors (Lipinski definition) is 5. The predicted molar refractivity (Wildman–Crippen MR) is 123 cm³/mol. The van der Waals surface area contributed by atoms with E-state index >= 15 is 0 Å². The van der Waals surface area contributed by atoms with Gasteiger partial charge >= 0.3 is 5.97 Å². The van der Waals surface area contributed by atoms with Crippen LogP contribution in [0.2, 0.25) is 0 Å². The summed E-state index contributed by atoms with van der Waals surface area (Å²) >= 11 is 5.26. The number of carbonyl (C=O) groups excluding carboxylic acids is 2. The summed E-state index contributed by atoms with van der Waals surface area (Å²) in [5.41, 5.74) is 3.01. The maximum Gasteiger partial charge on any atom is 0.335 e. The Morgan fingerprint density at radius 2 is 1.84 bits per heavy atom. The van der Waals surface area contributed by atoms with Crippen molar-refractivity contribution in [1.29, 1.82) is 0 Å². The Labute approximate surface area is 189 Å². The van der Waals surface area contributed by atoms with Crippen LogP contribution in [0, 0.1) is 13.8 Å². The standard InChI is InChI=1S/C24H18N2O5S/c1-13-5-3-8-19(14(13)2)26-22(28)18(21(27)25-24(26)32)12-17-9-10-20(31-17)15-6-4-7-16(11-15)23(29)30/h3-12H,1-2H3,(H,29,30)(H,25,27,32)/b18-12-. The van der Waals surface area contributed by atoms with Crippen molar-refractivity contribution < 1.29 is 23.9 Å². The third kappa shape index (κ3) is 3.83. The lowest BCUT2D eigenvalue weighted by molar-refractivity contribution is -0.122. The topological polar surface area (TPSA) is 99.8 Å². The summed E-state index contributed by atoms with van der Waals surface area (Å²) in [6.07, 6.45) is 1.35. The van der Waals surface area contributed by atoms with Crippen LogP contribution in [0.3, 0.4) is 0 Å². The van der Waals surface area contributed by atoms with Crippen LogP contribution in [0.1, 0.15) is 27.2 Å². The third-order valence-electron chi connectivity index (χ3n) is 5.23. The summed E-state index contributed by atoms with van der Waals surface area (Å²) in [7, 11) is 0. The van der Waals surface area contributed by atoms with E-state index in [4.69, 9.17) is 16.6 Å². The molecule has 1 saturated heterocycles. The first kappa shape index (κ1) is 21.2. The summed E-state index contributed by atoms with van der Waals surface area (Å²) in [6.45, 7) is 3.81. The lowest BCUT2D eigenvalue weighted by Gasteiger charge is -2.30. The summed E-state index contributed by atoms with van der Waals surface area (Å²) < 4.78 is 5.76. The number of anilines is 1. The second kappa shape index (κ2) is 8.24. The van der Waals surface area contributed by atoms with Gasteiger partial charge in [0, 0.05) is 5.56 Å². The molecule has 1 fully saturated rings. The van der Waals surface area contributed by atoms with Crippen LogP contribution in [0.25, 0.3) is 17.4 Å². The summed E-state index contributed by atoms with van der Waals surface area (Å²) in [6, 6.07) is 15.0. The minimum absolute atomic E-state index is 0.0106. The molecule has 160 valence electrons. The third-order valence-corrected chi connectivity index (χ3v) is 5.51. The lowest BCUT2D eigenvalue weighted by Crippen LogP contribution is -2.54. The molecular weight excluding hydrogens is 428 g/mol. The molecule has 0 radical (unpaired) electrons. The fraction of sp³-hybridized carbons (Fsp3) is 0.0833. The van der Waals surface area contributed by atoms with E-state index in [0.29, 0.717) is 17.0 Å². The minimum atomic E-state index is -1.05. The van der Waals surface area contributed by atoms with Crippen molar-refractivity contribution in [2.75, 3.05) is 4.90 Å². The van der Waals surface area contributed by atoms with Gasteiger partial charge in [0.05, 0.1) is 11.3 Å². The van der Waals surface area contributed by atoms with Crippen molar-refractivity contribution in [2.45, 2.75) is 13.8 Å². The van der Waals surface area contributed by atoms with Gasteiger partial charge in [0.25, 0.3) is 11.8 Å². The van der Waals surface area contributed by atoms with Gasteiger partial charge in [-0.05, 0) is 73.6 Å². The Kier molecular flexibility index (Phi) is 5.46. The van der Waals surface area contributed by atoms with Crippen molar-refractivity contribution in [3.05, 3.63) is 82.6 Å². The zero-order valence-corrected chi connectivity index (χ0v) is 18.0. The van der Waals surface area contributed by atoms with Crippen LogP contribution in [0.5, 0.6) is 0 Å². The highest BCUT2D eigenvalue weighted by Crippen LogP contribution is 2.28. The summed E-state index contributed by atoms with van der Waals surface area (Å²) in [5.74, 6) is -1.54. The van der Waals surface area contributed by atoms with Crippen LogP contribution >= 0.6 is 12.2 Å². The van der Waals surface area contributed by atoms with Crippen molar-refractivity contribution in [3.63, 3.8) is 0 Å². The van der Waals surface area contributed by atoms with Crippen molar-refractivity contribution in [2.24, 2.45) is 0 Å². The smallest absolute Gasteiger partial charge is 0.335 e. The highest BCUT2D eigenvalue weighted by molar-refractivity contribution is 7.80. The zero-order chi connectivity index (χ0) is 23.0. The lowest BCUT2D eigenvalue weighted by atomic mass is 10.0. The van der Waals surface area contributed by atoms with Crippen LogP contribution in [-0.2, 0) is 9.59 Å². The molecule has 0 unspecified atom stereocenters. The Hall–Kier alpha value is -4.04. The van der Waals surface area contributed by atoms with Crippen molar-refractivity contribution in [1.82, 2.24) is 5.32 Å². The molecule has 0 aliphatic carbocycles. The van der Waals surface area contributed by atoms with Gasteiger partial charge in [-0.25, -0.2) is 4.79 Å². The molecule has 0 spiro atoms. The van der Waals surface area contributed by atoms with Gasteiger partial charge in [0.1, 0.15) is 17.1 Å². The fourth-order valence-corrected chi connectivity index (χ4v) is 3.66. The molecule has 4 rings (SSSR count). The Morgan fingerprint density at radius 1 is 1.09 bits per heavy atom. The molecule has 2 heterocycles. The first-order valence-electron chi connectivity index (χ1n) is 9.67. The molecule has 7 nitrogen and oxygen atoms in total. The number of carbonyl (C=O) groups is 3. The monoisotopic (exact) mass is 446 g/mol. The second-order valence-electron chi connectivity index (χ2n) is 7.26. The van der Waals surface area contributed by atoms with E-state index in [2.05, 4.69) is 5.32 Å². The Balaban J connectivity index is 1.69. The van der Waals surface area contributed by atoms with Crippen LogP contribution in [-0.4, -0.2) is 28.0 Å². The minimum Gasteiger partial charge on any atom is -0.478 e. The van der Waals surface area contributed by atoms with Crippen LogP contribution in [0.4, 0.5) is 5.69 Å². The molecule has 1 aromatic heterocycles. The quantitative estimate of drug-likeness (QED) is 0.356. The number of amides is 2. The molecule has 2 amide bonds. The number of carboxylic acids is 1. The maximum atomic E-state index is 13.2. The normalized spacial score (nSPS) is 15.2. The fourth-order valence-electron chi connectivity index (χ4n) is 3.39. The van der Waals surface area contributed by atoms with Crippen LogP contribution in [0.15, 0.2) is 64.6 Å². The molecule has 0 saturated carbocycles. The zero-order valence-electron chi connectivity index (χ0n) is 17.2. The molecule has 1 aliphatic heterocycles. The highest BCUT2D eigenvalue weighted by atomic mass is 32.1. The number of benzene rings is 2. The molecule has 3 aromatic rings. The average Bonchev–Trinajstić information content (AvgIpc) is 3.23. The number of furan rings is 1. The molecule has 2 N–H and O–H groups in total. The van der Waals surface area contributed by atoms with Gasteiger partial charge < -0.3 is 9.52 Å². The van der Waals surface area contributed by atoms with Gasteiger partial charge in [-0.15, -0.1) is 0 Å². The van der Waals surface area contributed by atoms with Gasteiger partial charge in [-0.1, -0.05) is 24.3 Å². The van der Waals surface area contributed by atoms with E-state index in [0.717, 1.165) is 11.1 Å². The predicted octanol–water partition coefficient (Wildman–Crippen LogP) is 4.09. The summed E-state index contributed by atoms with van der Waals surface area (Å²) in [4.78, 5) is 38.2. The number of thiocarbonyl (C=S) groups is 1. The number of nitrogens with zero attached hydrogens (tertiary/aromatic N) is 1. The SMILES string of the molecule is Cc1cccc(N2C(=O)/C(=C\c3ccc(-c4cccc(C(=O)O)c4)o3)C(=O)NC2=S)c1C. The second-order valence-corrected chi connectivity index (χ2v) is 7.65. The largest absolute Gasteiger partial charge is 0.478 e. The van der Waals surface area contributed by atoms with E-state index < -0.39 is 17.8 Å². The first-order valence-corrected chi connectivity index (χ1v) is 10.1. The Bertz CT molecular complexity index is 1320. The molecule has 32 heavy (non-hydrogen) atoms. The number of rotatable bonds is 4. The molecule has 0 atom stereocenters. The molecule has 2 aromatic carbocycles. The maximum absolute atomic E-state index is 13.2. The Morgan fingerprint density at radius 3 is 2.59 bits per heavy atom.